The zero-order valence-corrected chi connectivity index (χ0v) is 18.4. The van der Waals surface area contributed by atoms with Crippen molar-refractivity contribution in [3.63, 3.8) is 0 Å². The van der Waals surface area contributed by atoms with E-state index in [0.717, 1.165) is 33.8 Å². The summed E-state index contributed by atoms with van der Waals surface area (Å²) in [6.45, 7) is 0. The fourth-order valence-electron chi connectivity index (χ4n) is 3.38. The lowest BCUT2D eigenvalue weighted by molar-refractivity contribution is 0.592. The van der Waals surface area contributed by atoms with E-state index in [2.05, 4.69) is 25.3 Å². The van der Waals surface area contributed by atoms with Crippen LogP contribution in [0.3, 0.4) is 0 Å². The second-order valence-corrected chi connectivity index (χ2v) is 9.51. The molecule has 2 N–H and O–H groups in total. The molecule has 0 atom stereocenters. The van der Waals surface area contributed by atoms with Crippen LogP contribution in [0, 0.1) is 5.82 Å². The van der Waals surface area contributed by atoms with E-state index in [1.165, 1.54) is 19.3 Å². The van der Waals surface area contributed by atoms with E-state index < -0.39 is 26.1 Å². The first-order valence-electron chi connectivity index (χ1n) is 9.51. The lowest BCUT2D eigenvalue weighted by Crippen LogP contribution is -2.25. The van der Waals surface area contributed by atoms with Crippen molar-refractivity contribution < 1.29 is 12.8 Å². The largest absolute Gasteiger partial charge is 0.346 e. The molecule has 0 radical (unpaired) electrons. The number of fused-ring (bicyclic) bond motifs is 2. The van der Waals surface area contributed by atoms with Crippen molar-refractivity contribution >= 4 is 55.1 Å². The molecule has 4 aromatic heterocycles. The fraction of sp³-hybridized carbons (Fsp3) is 0.0476. The van der Waals surface area contributed by atoms with Crippen LogP contribution in [0.2, 0.25) is 5.02 Å². The standard InChI is InChI=1S/C21H14ClFN6O3S/c1-29-19-12(7-17(20(29)30)33(31,32)14-2-3-16(23)15(22)8-14)9-26-21(28-19)27-13-6-11-4-5-24-18(11)25-10-13/h2-10H,1H3,(H,24,25)(H,26,27,28). The molecule has 166 valence electrons. The minimum atomic E-state index is -4.26. The summed E-state index contributed by atoms with van der Waals surface area (Å²) in [6.07, 6.45) is 4.78. The molecule has 0 fully saturated rings. The molecular formula is C21H14ClFN6O3S. The van der Waals surface area contributed by atoms with Gasteiger partial charge in [-0.05, 0) is 36.4 Å². The molecule has 0 aliphatic rings. The quantitative estimate of drug-likeness (QED) is 0.374. The Balaban J connectivity index is 1.57. The Morgan fingerprint density at radius 1 is 1.09 bits per heavy atom. The molecule has 4 heterocycles. The van der Waals surface area contributed by atoms with Gasteiger partial charge in [0.15, 0.2) is 0 Å². The van der Waals surface area contributed by atoms with Crippen LogP contribution in [0.4, 0.5) is 16.0 Å². The molecule has 0 bridgehead atoms. The molecule has 0 aliphatic carbocycles. The molecule has 9 nitrogen and oxygen atoms in total. The fourth-order valence-corrected chi connectivity index (χ4v) is 5.05. The Labute approximate surface area is 190 Å². The van der Waals surface area contributed by atoms with Gasteiger partial charge in [0.05, 0.1) is 21.8 Å². The van der Waals surface area contributed by atoms with Gasteiger partial charge in [-0.15, -0.1) is 0 Å². The first-order chi connectivity index (χ1) is 15.7. The Kier molecular flexibility index (Phi) is 4.87. The monoisotopic (exact) mass is 484 g/mol. The summed E-state index contributed by atoms with van der Waals surface area (Å²) in [5, 5.41) is 3.88. The number of benzene rings is 1. The Morgan fingerprint density at radius 2 is 1.91 bits per heavy atom. The van der Waals surface area contributed by atoms with Crippen molar-refractivity contribution in [1.29, 1.82) is 0 Å². The third-order valence-corrected chi connectivity index (χ3v) is 7.10. The van der Waals surface area contributed by atoms with Crippen LogP contribution in [0.15, 0.2) is 69.6 Å². The topological polar surface area (TPSA) is 123 Å². The Morgan fingerprint density at radius 3 is 2.70 bits per heavy atom. The number of aryl methyl sites for hydroxylation is 1. The van der Waals surface area contributed by atoms with Crippen molar-refractivity contribution in [3.05, 3.63) is 76.2 Å². The van der Waals surface area contributed by atoms with Crippen molar-refractivity contribution in [2.45, 2.75) is 9.79 Å². The maximum atomic E-state index is 13.5. The molecular weight excluding hydrogens is 471 g/mol. The number of pyridine rings is 2. The van der Waals surface area contributed by atoms with Crippen LogP contribution in [0.5, 0.6) is 0 Å². The number of nitrogens with zero attached hydrogens (tertiary/aromatic N) is 4. The molecule has 0 saturated heterocycles. The number of hydrogen-bond donors (Lipinski definition) is 2. The van der Waals surface area contributed by atoms with Gasteiger partial charge in [0.1, 0.15) is 22.0 Å². The predicted octanol–water partition coefficient (Wildman–Crippen LogP) is 3.57. The minimum Gasteiger partial charge on any atom is -0.346 e. The lowest BCUT2D eigenvalue weighted by atomic mass is 10.3. The van der Waals surface area contributed by atoms with E-state index in [4.69, 9.17) is 11.6 Å². The molecule has 5 aromatic rings. The van der Waals surface area contributed by atoms with E-state index in [-0.39, 0.29) is 21.5 Å². The van der Waals surface area contributed by atoms with Crippen molar-refractivity contribution in [3.8, 4) is 0 Å². The summed E-state index contributed by atoms with van der Waals surface area (Å²) in [7, 11) is -2.86. The van der Waals surface area contributed by atoms with Crippen LogP contribution < -0.4 is 10.9 Å². The molecule has 12 heteroatoms. The molecule has 0 aliphatic heterocycles. The SMILES string of the molecule is Cn1c(=O)c(S(=O)(=O)c2ccc(F)c(Cl)c2)cc2cnc(Nc3cnc4[nH]ccc4c3)nc21. The summed E-state index contributed by atoms with van der Waals surface area (Å²) in [6, 6.07) is 7.88. The number of nitrogens with one attached hydrogen (secondary N) is 2. The molecule has 0 amide bonds. The summed E-state index contributed by atoms with van der Waals surface area (Å²) >= 11 is 5.73. The third kappa shape index (κ3) is 3.60. The highest BCUT2D eigenvalue weighted by Crippen LogP contribution is 2.25. The van der Waals surface area contributed by atoms with Gasteiger partial charge >= 0.3 is 0 Å². The van der Waals surface area contributed by atoms with Crippen LogP contribution in [-0.2, 0) is 16.9 Å². The molecule has 0 spiro atoms. The van der Waals surface area contributed by atoms with Crippen molar-refractivity contribution in [2.24, 2.45) is 7.05 Å². The van der Waals surface area contributed by atoms with E-state index in [1.54, 1.807) is 12.4 Å². The number of halogens is 2. The van der Waals surface area contributed by atoms with Crippen LogP contribution in [0.1, 0.15) is 0 Å². The van der Waals surface area contributed by atoms with Crippen LogP contribution in [-0.4, -0.2) is 32.9 Å². The highest BCUT2D eigenvalue weighted by atomic mass is 35.5. The number of hydrogen-bond acceptors (Lipinski definition) is 7. The molecule has 1 aromatic carbocycles. The van der Waals surface area contributed by atoms with Gasteiger partial charge in [-0.1, -0.05) is 11.6 Å². The number of aromatic nitrogens is 5. The van der Waals surface area contributed by atoms with Gasteiger partial charge in [0.25, 0.3) is 5.56 Å². The Bertz CT molecular complexity index is 1730. The second kappa shape index (κ2) is 7.64. The van der Waals surface area contributed by atoms with Gasteiger partial charge in [0.2, 0.25) is 15.8 Å². The lowest BCUT2D eigenvalue weighted by Gasteiger charge is -2.11. The summed E-state index contributed by atoms with van der Waals surface area (Å²) in [4.78, 5) is 28.0. The average Bonchev–Trinajstić information content (AvgIpc) is 3.26. The maximum absolute atomic E-state index is 13.5. The Hall–Kier alpha value is -3.83. The van der Waals surface area contributed by atoms with Gasteiger partial charge < -0.3 is 10.3 Å². The number of rotatable bonds is 4. The van der Waals surface area contributed by atoms with Crippen molar-refractivity contribution in [2.75, 3.05) is 5.32 Å². The number of H-pyrrole nitrogens is 1. The van der Waals surface area contributed by atoms with Crippen LogP contribution in [0.25, 0.3) is 22.1 Å². The van der Waals surface area contributed by atoms with Gasteiger partial charge in [-0.2, -0.15) is 4.98 Å². The summed E-state index contributed by atoms with van der Waals surface area (Å²) in [5.74, 6) is -0.559. The highest BCUT2D eigenvalue weighted by Gasteiger charge is 2.25. The van der Waals surface area contributed by atoms with E-state index in [1.807, 2.05) is 12.1 Å². The van der Waals surface area contributed by atoms with E-state index in [0.29, 0.717) is 11.1 Å². The summed E-state index contributed by atoms with van der Waals surface area (Å²) in [5.41, 5.74) is 0.810. The molecule has 5 rings (SSSR count). The number of anilines is 2. The van der Waals surface area contributed by atoms with Gasteiger partial charge in [0, 0.05) is 30.2 Å². The third-order valence-electron chi connectivity index (χ3n) is 5.06. The van der Waals surface area contributed by atoms with Gasteiger partial charge in [-0.3, -0.25) is 9.36 Å². The average molecular weight is 485 g/mol. The minimum absolute atomic E-state index is 0.204. The molecule has 33 heavy (non-hydrogen) atoms. The second-order valence-electron chi connectivity index (χ2n) is 7.19. The predicted molar refractivity (Wildman–Crippen MR) is 121 cm³/mol. The molecule has 0 unspecified atom stereocenters. The summed E-state index contributed by atoms with van der Waals surface area (Å²) < 4.78 is 40.7. The normalized spacial score (nSPS) is 11.8. The van der Waals surface area contributed by atoms with Gasteiger partial charge in [-0.25, -0.2) is 22.8 Å². The highest BCUT2D eigenvalue weighted by molar-refractivity contribution is 7.91. The zero-order valence-electron chi connectivity index (χ0n) is 16.9. The smallest absolute Gasteiger partial charge is 0.271 e. The van der Waals surface area contributed by atoms with E-state index >= 15 is 0 Å². The van der Waals surface area contributed by atoms with E-state index in [9.17, 15) is 17.6 Å². The number of aromatic amines is 1. The first kappa shape index (κ1) is 21.0. The maximum Gasteiger partial charge on any atom is 0.271 e. The zero-order chi connectivity index (χ0) is 23.3. The van der Waals surface area contributed by atoms with Crippen LogP contribution >= 0.6 is 11.6 Å². The molecule has 0 saturated carbocycles. The first-order valence-corrected chi connectivity index (χ1v) is 11.4. The number of sulfone groups is 1. The van der Waals surface area contributed by atoms with Crippen molar-refractivity contribution in [1.82, 2.24) is 24.5 Å².